The molecule has 10 heteroatoms. The summed E-state index contributed by atoms with van der Waals surface area (Å²) in [5, 5.41) is 23.8. The minimum Gasteiger partial charge on any atom is -0.507 e. The fraction of sp³-hybridized carbons (Fsp3) is 0.464. The number of benzene rings is 1. The zero-order valence-electron chi connectivity index (χ0n) is 22.3. The number of rotatable bonds is 9. The van der Waals surface area contributed by atoms with Gasteiger partial charge in [0.15, 0.2) is 5.82 Å². The van der Waals surface area contributed by atoms with Crippen molar-refractivity contribution < 1.29 is 9.90 Å². The molecule has 1 aromatic carbocycles. The number of carbonyl (C=O) groups excluding carboxylic acids is 1. The molecule has 2 aliphatic rings. The molecule has 1 amide bonds. The van der Waals surface area contributed by atoms with Gasteiger partial charge in [0.2, 0.25) is 0 Å². The molecule has 202 valence electrons. The maximum atomic E-state index is 12.3. The first-order valence-corrected chi connectivity index (χ1v) is 13.6. The summed E-state index contributed by atoms with van der Waals surface area (Å²) in [6.45, 7) is 8.84. The third-order valence-electron chi connectivity index (χ3n) is 7.76. The normalized spacial score (nSPS) is 16.6. The molecule has 2 aromatic heterocycles. The number of hydrogen-bond donors (Lipinski definition) is 5. The van der Waals surface area contributed by atoms with Gasteiger partial charge in [-0.1, -0.05) is 19.1 Å². The molecular weight excluding hydrogens is 480 g/mol. The first-order valence-electron chi connectivity index (χ1n) is 13.6. The Morgan fingerprint density at radius 1 is 1.18 bits per heavy atom. The van der Waals surface area contributed by atoms with Crippen molar-refractivity contribution in [2.75, 3.05) is 41.7 Å². The van der Waals surface area contributed by atoms with Crippen LogP contribution in [0.2, 0.25) is 0 Å². The van der Waals surface area contributed by atoms with Gasteiger partial charge in [-0.05, 0) is 80.9 Å². The van der Waals surface area contributed by atoms with E-state index in [9.17, 15) is 9.90 Å². The van der Waals surface area contributed by atoms with Crippen LogP contribution in [0.15, 0.2) is 30.5 Å². The number of hydrogen-bond acceptors (Lipinski definition) is 8. The van der Waals surface area contributed by atoms with E-state index in [2.05, 4.69) is 35.6 Å². The van der Waals surface area contributed by atoms with E-state index >= 15 is 0 Å². The third kappa shape index (κ3) is 5.55. The van der Waals surface area contributed by atoms with E-state index in [1.54, 1.807) is 6.20 Å². The predicted octanol–water partition coefficient (Wildman–Crippen LogP) is 3.90. The molecule has 0 aliphatic carbocycles. The number of amides is 1. The second kappa shape index (κ2) is 11.3. The summed E-state index contributed by atoms with van der Waals surface area (Å²) in [4.78, 5) is 22.0. The Bertz CT molecular complexity index is 1260. The van der Waals surface area contributed by atoms with Crippen LogP contribution in [0.1, 0.15) is 59.7 Å². The summed E-state index contributed by atoms with van der Waals surface area (Å²) in [6, 6.07) is 8.54. The molecule has 3 aromatic rings. The Kier molecular flexibility index (Phi) is 7.69. The minimum absolute atomic E-state index is 0.254. The third-order valence-corrected chi connectivity index (χ3v) is 7.76. The molecule has 2 fully saturated rings. The molecule has 0 saturated carbocycles. The van der Waals surface area contributed by atoms with E-state index in [0.717, 1.165) is 47.7 Å². The fourth-order valence-electron chi connectivity index (χ4n) is 5.65. The quantitative estimate of drug-likeness (QED) is 0.288. The van der Waals surface area contributed by atoms with Crippen molar-refractivity contribution in [2.45, 2.75) is 58.5 Å². The van der Waals surface area contributed by atoms with Gasteiger partial charge < -0.3 is 31.3 Å². The molecule has 6 N–H and O–H groups in total. The van der Waals surface area contributed by atoms with E-state index in [1.165, 1.54) is 38.8 Å². The smallest absolute Gasteiger partial charge is 0.256 e. The number of aromatic hydroxyl groups is 1. The van der Waals surface area contributed by atoms with Crippen LogP contribution in [0.5, 0.6) is 5.75 Å². The highest BCUT2D eigenvalue weighted by Crippen LogP contribution is 2.28. The van der Waals surface area contributed by atoms with Crippen molar-refractivity contribution in [3.8, 4) is 5.75 Å². The van der Waals surface area contributed by atoms with Gasteiger partial charge in [0.25, 0.3) is 5.91 Å². The van der Waals surface area contributed by atoms with Gasteiger partial charge in [-0.15, -0.1) is 0 Å². The van der Waals surface area contributed by atoms with Crippen LogP contribution < -0.4 is 21.3 Å². The number of aryl methyl sites for hydroxylation is 2. The molecule has 2 aliphatic heterocycles. The Morgan fingerprint density at radius 2 is 1.95 bits per heavy atom. The first-order chi connectivity index (χ1) is 18.4. The van der Waals surface area contributed by atoms with Crippen molar-refractivity contribution in [1.29, 1.82) is 0 Å². The lowest BCUT2D eigenvalue weighted by atomic mass is 10.0. The Labute approximate surface area is 223 Å². The summed E-state index contributed by atoms with van der Waals surface area (Å²) >= 11 is 0. The van der Waals surface area contributed by atoms with Gasteiger partial charge in [-0.2, -0.15) is 5.10 Å². The Morgan fingerprint density at radius 3 is 2.61 bits per heavy atom. The number of piperidine rings is 1. The van der Waals surface area contributed by atoms with Crippen LogP contribution in [-0.2, 0) is 13.0 Å². The number of pyridine rings is 1. The number of likely N-dealkylation sites (tertiary alicyclic amines) is 1. The van der Waals surface area contributed by atoms with E-state index < -0.39 is 5.91 Å². The lowest BCUT2D eigenvalue weighted by Crippen LogP contribution is -2.44. The van der Waals surface area contributed by atoms with Gasteiger partial charge in [-0.3, -0.25) is 9.89 Å². The highest BCUT2D eigenvalue weighted by atomic mass is 16.3. The highest BCUT2D eigenvalue weighted by Gasteiger charge is 2.27. The predicted molar refractivity (Wildman–Crippen MR) is 150 cm³/mol. The average molecular weight is 519 g/mol. The minimum atomic E-state index is -0.592. The van der Waals surface area contributed by atoms with Gasteiger partial charge >= 0.3 is 0 Å². The molecule has 10 nitrogen and oxygen atoms in total. The van der Waals surface area contributed by atoms with Crippen LogP contribution in [-0.4, -0.2) is 63.3 Å². The molecule has 0 atom stereocenters. The SMILES string of the molecule is CCc1cc(CNc2n[nH]c(Nc3ccc(N4CCC(N5CCCC5)CC4)nc3)c2C(N)=O)cc(C)c1O. The number of nitrogens with one attached hydrogen (secondary N) is 3. The summed E-state index contributed by atoms with van der Waals surface area (Å²) in [5.74, 6) is 1.48. The van der Waals surface area contributed by atoms with Gasteiger partial charge in [-0.25, -0.2) is 4.98 Å². The first kappa shape index (κ1) is 25.8. The topological polar surface area (TPSA) is 135 Å². The molecule has 4 heterocycles. The molecular formula is C28H38N8O2. The molecule has 38 heavy (non-hydrogen) atoms. The van der Waals surface area contributed by atoms with Crippen LogP contribution >= 0.6 is 0 Å². The second-order valence-electron chi connectivity index (χ2n) is 10.3. The maximum Gasteiger partial charge on any atom is 0.256 e. The lowest BCUT2D eigenvalue weighted by molar-refractivity contribution is 0.100. The number of nitrogens with zero attached hydrogens (tertiary/aromatic N) is 4. The largest absolute Gasteiger partial charge is 0.507 e. The number of H-pyrrole nitrogens is 1. The van der Waals surface area contributed by atoms with Crippen LogP contribution in [0.3, 0.4) is 0 Å². The number of nitrogens with two attached hydrogens (primary N) is 1. The zero-order valence-corrected chi connectivity index (χ0v) is 22.3. The summed E-state index contributed by atoms with van der Waals surface area (Å²) in [5.41, 5.74) is 9.38. The van der Waals surface area contributed by atoms with Gasteiger partial charge in [0.1, 0.15) is 22.9 Å². The molecule has 0 unspecified atom stereocenters. The Balaban J connectivity index is 1.22. The van der Waals surface area contributed by atoms with Crippen molar-refractivity contribution >= 4 is 29.0 Å². The number of carbonyl (C=O) groups is 1. The second-order valence-corrected chi connectivity index (χ2v) is 10.3. The van der Waals surface area contributed by atoms with Crippen LogP contribution in [0.4, 0.5) is 23.1 Å². The van der Waals surface area contributed by atoms with Gasteiger partial charge in [0.05, 0.1) is 11.9 Å². The fourth-order valence-corrected chi connectivity index (χ4v) is 5.65. The molecule has 0 radical (unpaired) electrons. The average Bonchev–Trinajstić information content (AvgIpc) is 3.60. The van der Waals surface area contributed by atoms with E-state index in [1.807, 2.05) is 38.1 Å². The molecule has 2 saturated heterocycles. The molecule has 0 spiro atoms. The Hall–Kier alpha value is -3.79. The van der Waals surface area contributed by atoms with Crippen molar-refractivity contribution in [3.63, 3.8) is 0 Å². The summed E-state index contributed by atoms with van der Waals surface area (Å²) in [7, 11) is 0. The number of aromatic amines is 1. The standard InChI is InChI=1S/C28H38N8O2/c1-3-20-15-19(14-18(2)25(20)37)16-31-27-24(26(29)38)28(34-33-27)32-21-6-7-23(30-17-21)36-12-8-22(9-13-36)35-10-4-5-11-35/h6-7,14-15,17,22,37H,3-5,8-13,16H2,1-2H3,(H2,29,38)(H3,31,32,33,34). The van der Waals surface area contributed by atoms with Crippen molar-refractivity contribution in [2.24, 2.45) is 5.73 Å². The van der Waals surface area contributed by atoms with Crippen LogP contribution in [0, 0.1) is 6.92 Å². The van der Waals surface area contributed by atoms with Crippen LogP contribution in [0.25, 0.3) is 0 Å². The van der Waals surface area contributed by atoms with E-state index in [0.29, 0.717) is 30.0 Å². The van der Waals surface area contributed by atoms with E-state index in [-0.39, 0.29) is 5.56 Å². The molecule has 0 bridgehead atoms. The number of phenols is 1. The molecule has 5 rings (SSSR count). The number of primary amides is 1. The van der Waals surface area contributed by atoms with E-state index in [4.69, 9.17) is 5.73 Å². The number of anilines is 4. The number of aromatic nitrogens is 3. The summed E-state index contributed by atoms with van der Waals surface area (Å²) < 4.78 is 0. The lowest BCUT2D eigenvalue weighted by Gasteiger charge is -2.37. The monoisotopic (exact) mass is 518 g/mol. The van der Waals surface area contributed by atoms with Crippen molar-refractivity contribution in [3.05, 3.63) is 52.7 Å². The maximum absolute atomic E-state index is 12.3. The highest BCUT2D eigenvalue weighted by molar-refractivity contribution is 6.03. The number of phenolic OH excluding ortho intramolecular Hbond substituents is 1. The van der Waals surface area contributed by atoms with Crippen molar-refractivity contribution in [1.82, 2.24) is 20.1 Å². The van der Waals surface area contributed by atoms with Gasteiger partial charge in [0, 0.05) is 25.7 Å². The summed E-state index contributed by atoms with van der Waals surface area (Å²) in [6.07, 6.45) is 7.52. The zero-order chi connectivity index (χ0) is 26.6.